The smallest absolute Gasteiger partial charge is 0.236 e. The van der Waals surface area contributed by atoms with Gasteiger partial charge in [-0.15, -0.1) is 12.4 Å². The molecule has 1 fully saturated rings. The maximum atomic E-state index is 12.3. The van der Waals surface area contributed by atoms with E-state index >= 15 is 0 Å². The second kappa shape index (κ2) is 8.37. The highest BCUT2D eigenvalue weighted by Crippen LogP contribution is 2.06. The minimum atomic E-state index is 0. The zero-order valence-corrected chi connectivity index (χ0v) is 13.9. The number of amides is 1. The normalized spacial score (nSPS) is 22.4. The molecule has 0 aliphatic carbocycles. The minimum Gasteiger partial charge on any atom is -0.340 e. The van der Waals surface area contributed by atoms with E-state index in [0.717, 1.165) is 13.1 Å². The van der Waals surface area contributed by atoms with Gasteiger partial charge in [-0.05, 0) is 19.4 Å². The van der Waals surface area contributed by atoms with Gasteiger partial charge in [0.15, 0.2) is 0 Å². The molecular formula is C16H26ClN3O. The number of likely N-dealkylation sites (N-methyl/N-ethyl adjacent to an activating group) is 1. The number of nitrogens with one attached hydrogen (secondary N) is 1. The third-order valence-corrected chi connectivity index (χ3v) is 3.68. The highest BCUT2D eigenvalue weighted by Gasteiger charge is 2.23. The van der Waals surface area contributed by atoms with Crippen molar-refractivity contribution in [1.82, 2.24) is 15.1 Å². The van der Waals surface area contributed by atoms with Gasteiger partial charge in [-0.1, -0.05) is 30.3 Å². The Balaban J connectivity index is 0.00000220. The number of carbonyl (C=O) groups is 1. The molecule has 21 heavy (non-hydrogen) atoms. The van der Waals surface area contributed by atoms with Crippen LogP contribution in [0.1, 0.15) is 19.4 Å². The topological polar surface area (TPSA) is 35.6 Å². The predicted octanol–water partition coefficient (Wildman–Crippen LogP) is 1.75. The average molecular weight is 312 g/mol. The molecule has 1 aromatic carbocycles. The molecule has 0 bridgehead atoms. The van der Waals surface area contributed by atoms with E-state index in [0.29, 0.717) is 25.2 Å². The molecule has 0 aromatic heterocycles. The standard InChI is InChI=1S/C16H25N3O.ClH/c1-13-9-19(10-14(2)17-13)12-16(20)18(3)11-15-7-5-4-6-8-15;/h4-8,13-14,17H,9-12H2,1-3H3;1H. The van der Waals surface area contributed by atoms with Crippen molar-refractivity contribution in [3.63, 3.8) is 0 Å². The molecule has 1 aliphatic heterocycles. The van der Waals surface area contributed by atoms with E-state index in [9.17, 15) is 4.79 Å². The van der Waals surface area contributed by atoms with Crippen molar-refractivity contribution in [2.45, 2.75) is 32.5 Å². The third-order valence-electron chi connectivity index (χ3n) is 3.68. The lowest BCUT2D eigenvalue weighted by atomic mass is 10.1. The van der Waals surface area contributed by atoms with Gasteiger partial charge in [-0.25, -0.2) is 0 Å². The third kappa shape index (κ3) is 5.65. The van der Waals surface area contributed by atoms with E-state index < -0.39 is 0 Å². The van der Waals surface area contributed by atoms with Crippen LogP contribution in [0.2, 0.25) is 0 Å². The van der Waals surface area contributed by atoms with Crippen molar-refractivity contribution in [1.29, 1.82) is 0 Å². The zero-order chi connectivity index (χ0) is 14.5. The second-order valence-corrected chi connectivity index (χ2v) is 5.90. The lowest BCUT2D eigenvalue weighted by Gasteiger charge is -2.36. The summed E-state index contributed by atoms with van der Waals surface area (Å²) in [4.78, 5) is 16.4. The van der Waals surface area contributed by atoms with Crippen molar-refractivity contribution in [3.05, 3.63) is 35.9 Å². The van der Waals surface area contributed by atoms with Crippen LogP contribution in [0.15, 0.2) is 30.3 Å². The molecule has 0 spiro atoms. The Bertz CT molecular complexity index is 430. The van der Waals surface area contributed by atoms with Crippen LogP contribution in [0.5, 0.6) is 0 Å². The Labute approximate surface area is 133 Å². The molecule has 1 amide bonds. The van der Waals surface area contributed by atoms with Crippen LogP contribution in [0.25, 0.3) is 0 Å². The summed E-state index contributed by atoms with van der Waals surface area (Å²) in [5.41, 5.74) is 1.17. The lowest BCUT2D eigenvalue weighted by molar-refractivity contribution is -0.132. The summed E-state index contributed by atoms with van der Waals surface area (Å²) in [5, 5.41) is 3.48. The highest BCUT2D eigenvalue weighted by molar-refractivity contribution is 5.85. The zero-order valence-electron chi connectivity index (χ0n) is 13.1. The Morgan fingerprint density at radius 1 is 1.24 bits per heavy atom. The predicted molar refractivity (Wildman–Crippen MR) is 88.7 cm³/mol. The number of hydrogen-bond donors (Lipinski definition) is 1. The molecule has 1 aliphatic rings. The Morgan fingerprint density at radius 3 is 2.38 bits per heavy atom. The van der Waals surface area contributed by atoms with Crippen molar-refractivity contribution in [2.24, 2.45) is 0 Å². The molecule has 2 rings (SSSR count). The molecule has 0 saturated carbocycles. The van der Waals surface area contributed by atoms with Gasteiger partial charge in [0.05, 0.1) is 6.54 Å². The van der Waals surface area contributed by atoms with Crippen molar-refractivity contribution in [3.8, 4) is 0 Å². The van der Waals surface area contributed by atoms with E-state index in [1.54, 1.807) is 0 Å². The number of piperazine rings is 1. The van der Waals surface area contributed by atoms with E-state index in [1.165, 1.54) is 5.56 Å². The van der Waals surface area contributed by atoms with Crippen LogP contribution in [-0.4, -0.2) is 54.5 Å². The molecule has 1 aromatic rings. The monoisotopic (exact) mass is 311 g/mol. The number of nitrogens with zero attached hydrogens (tertiary/aromatic N) is 2. The number of rotatable bonds is 4. The summed E-state index contributed by atoms with van der Waals surface area (Å²) in [7, 11) is 1.88. The number of benzene rings is 1. The quantitative estimate of drug-likeness (QED) is 0.920. The van der Waals surface area contributed by atoms with Crippen LogP contribution in [0.3, 0.4) is 0 Å². The summed E-state index contributed by atoms with van der Waals surface area (Å²) in [6.45, 7) is 7.41. The van der Waals surface area contributed by atoms with Gasteiger partial charge in [0.1, 0.15) is 0 Å². The Morgan fingerprint density at radius 2 is 1.81 bits per heavy atom. The molecular weight excluding hydrogens is 286 g/mol. The minimum absolute atomic E-state index is 0. The highest BCUT2D eigenvalue weighted by atomic mass is 35.5. The van der Waals surface area contributed by atoms with Gasteiger partial charge in [0.2, 0.25) is 5.91 Å². The molecule has 0 radical (unpaired) electrons. The SMILES string of the molecule is CC1CN(CC(=O)N(C)Cc2ccccc2)CC(C)N1.Cl. The number of carbonyl (C=O) groups excluding carboxylic acids is 1. The van der Waals surface area contributed by atoms with Crippen LogP contribution in [0, 0.1) is 0 Å². The van der Waals surface area contributed by atoms with Crippen LogP contribution in [-0.2, 0) is 11.3 Å². The van der Waals surface area contributed by atoms with E-state index in [-0.39, 0.29) is 18.3 Å². The Kier molecular flexibility index (Phi) is 7.15. The number of halogens is 1. The van der Waals surface area contributed by atoms with Gasteiger partial charge in [-0.2, -0.15) is 0 Å². The largest absolute Gasteiger partial charge is 0.340 e. The second-order valence-electron chi connectivity index (χ2n) is 5.90. The number of hydrogen-bond acceptors (Lipinski definition) is 3. The van der Waals surface area contributed by atoms with E-state index in [1.807, 2.05) is 30.1 Å². The fourth-order valence-electron chi connectivity index (χ4n) is 2.83. The fourth-order valence-corrected chi connectivity index (χ4v) is 2.83. The molecule has 118 valence electrons. The summed E-state index contributed by atoms with van der Waals surface area (Å²) < 4.78 is 0. The first-order valence-electron chi connectivity index (χ1n) is 7.31. The molecule has 5 heteroatoms. The van der Waals surface area contributed by atoms with Gasteiger partial charge >= 0.3 is 0 Å². The van der Waals surface area contributed by atoms with Gasteiger partial charge in [0.25, 0.3) is 0 Å². The van der Waals surface area contributed by atoms with Gasteiger partial charge in [-0.3, -0.25) is 9.69 Å². The van der Waals surface area contributed by atoms with Crippen molar-refractivity contribution < 1.29 is 4.79 Å². The Hall–Kier alpha value is -1.10. The van der Waals surface area contributed by atoms with E-state index in [4.69, 9.17) is 0 Å². The van der Waals surface area contributed by atoms with Crippen LogP contribution in [0.4, 0.5) is 0 Å². The molecule has 1 saturated heterocycles. The summed E-state index contributed by atoms with van der Waals surface area (Å²) >= 11 is 0. The maximum Gasteiger partial charge on any atom is 0.236 e. The van der Waals surface area contributed by atoms with Gasteiger partial charge in [0, 0.05) is 38.8 Å². The van der Waals surface area contributed by atoms with Crippen molar-refractivity contribution >= 4 is 18.3 Å². The maximum absolute atomic E-state index is 12.3. The van der Waals surface area contributed by atoms with Crippen LogP contribution < -0.4 is 5.32 Å². The molecule has 2 unspecified atom stereocenters. The first-order valence-corrected chi connectivity index (χ1v) is 7.31. The molecule has 4 nitrogen and oxygen atoms in total. The fraction of sp³-hybridized carbons (Fsp3) is 0.562. The first-order chi connectivity index (χ1) is 9.54. The van der Waals surface area contributed by atoms with Gasteiger partial charge < -0.3 is 10.2 Å². The molecule has 1 N–H and O–H groups in total. The van der Waals surface area contributed by atoms with E-state index in [2.05, 4.69) is 36.2 Å². The molecule has 1 heterocycles. The lowest BCUT2D eigenvalue weighted by Crippen LogP contribution is -2.56. The molecule has 2 atom stereocenters. The summed E-state index contributed by atoms with van der Waals surface area (Å²) in [6, 6.07) is 11.0. The van der Waals surface area contributed by atoms with Crippen LogP contribution >= 0.6 is 12.4 Å². The van der Waals surface area contributed by atoms with Crippen molar-refractivity contribution in [2.75, 3.05) is 26.7 Å². The summed E-state index contributed by atoms with van der Waals surface area (Å²) in [5.74, 6) is 0.190. The summed E-state index contributed by atoms with van der Waals surface area (Å²) in [6.07, 6.45) is 0. The first kappa shape index (κ1) is 18.0. The average Bonchev–Trinajstić information content (AvgIpc) is 2.38.